The van der Waals surface area contributed by atoms with Crippen LogP contribution in [-0.4, -0.2) is 218 Å². The predicted octanol–water partition coefficient (Wildman–Crippen LogP) is -4.70. The molecule has 3 saturated heterocycles. The first-order valence-electron chi connectivity index (χ1n) is 29.4. The Morgan fingerprint density at radius 3 is 1.82 bits per heavy atom. The maximum atomic E-state index is 14.9. The van der Waals surface area contributed by atoms with E-state index in [0.29, 0.717) is 12.3 Å². The third-order valence-corrected chi connectivity index (χ3v) is 15.2. The summed E-state index contributed by atoms with van der Waals surface area (Å²) in [7, 11) is 0. The number of nitrogens with one attached hydrogen (secondary N) is 10. The maximum Gasteiger partial charge on any atom is 0.335 e. The highest BCUT2D eigenvalue weighted by molar-refractivity contribution is 6.02. The summed E-state index contributed by atoms with van der Waals surface area (Å²) in [6, 6.07) is -18.7. The van der Waals surface area contributed by atoms with E-state index in [1.54, 1.807) is 13.0 Å². The number of unbranched alkanes of at least 4 members (excludes halogenated alkanes) is 1. The van der Waals surface area contributed by atoms with Crippen LogP contribution in [0.25, 0.3) is 0 Å². The van der Waals surface area contributed by atoms with E-state index in [-0.39, 0.29) is 38.8 Å². The van der Waals surface area contributed by atoms with E-state index >= 15 is 0 Å². The van der Waals surface area contributed by atoms with Crippen molar-refractivity contribution >= 4 is 88.9 Å². The van der Waals surface area contributed by atoms with E-state index < -0.39 is 210 Å². The highest BCUT2D eigenvalue weighted by Crippen LogP contribution is 2.27. The second-order valence-electron chi connectivity index (χ2n) is 23.8. The summed E-state index contributed by atoms with van der Waals surface area (Å²) in [5, 5.41) is 73.3. The van der Waals surface area contributed by atoms with Gasteiger partial charge in [0.15, 0.2) is 12.2 Å². The SMILES string of the molecule is CC(C)CC/C=C\C1OC1C(=O)N[C@H](C(=O)N[C@@H]1C(=O)N[C@H](C(C)C)C(=O)N[C@@H](CCCCN)C(=O)N[C@@H](C(O)C(=O)O)C(=O)N[C@@H](CC(=O)O)C(=O)NCC(=O)N[C@H](C(C)C(=O)O)C(=O)N[C@@H](C(C)C)C(=O)N2C[C@H](C)C[C@H]2C(=O)NC1C)C(C)C(=O)O. The number of allylic oxidation sites excluding steroid dienone is 1. The van der Waals surface area contributed by atoms with Crippen molar-refractivity contribution in [3.63, 3.8) is 0 Å². The second kappa shape index (κ2) is 34.4. The molecule has 498 valence electrons. The number of amides is 11. The van der Waals surface area contributed by atoms with Gasteiger partial charge >= 0.3 is 23.9 Å². The topological polar surface area (TPSA) is 519 Å². The van der Waals surface area contributed by atoms with Crippen molar-refractivity contribution < 1.29 is 102 Å². The van der Waals surface area contributed by atoms with Gasteiger partial charge in [-0.3, -0.25) is 67.1 Å². The number of carboxylic acids is 4. The fourth-order valence-corrected chi connectivity index (χ4v) is 9.68. The number of fused-ring (bicyclic) bond motifs is 1. The summed E-state index contributed by atoms with van der Waals surface area (Å²) in [6.45, 7) is 13.8. The molecule has 11 amide bonds. The van der Waals surface area contributed by atoms with Crippen LogP contribution in [0, 0.1) is 35.5 Å². The molecule has 89 heavy (non-hydrogen) atoms. The Bertz CT molecular complexity index is 2670. The minimum Gasteiger partial charge on any atom is -0.481 e. The van der Waals surface area contributed by atoms with Crippen LogP contribution in [0.4, 0.5) is 0 Å². The molecule has 6 unspecified atom stereocenters. The second-order valence-corrected chi connectivity index (χ2v) is 23.8. The van der Waals surface area contributed by atoms with Gasteiger partial charge in [0.2, 0.25) is 59.1 Å². The fraction of sp³-hybridized carbons (Fsp3) is 0.696. The molecule has 0 bridgehead atoms. The normalized spacial score (nSPS) is 28.0. The summed E-state index contributed by atoms with van der Waals surface area (Å²) in [5.74, 6) is -25.7. The lowest BCUT2D eigenvalue weighted by Gasteiger charge is -2.34. The van der Waals surface area contributed by atoms with Crippen molar-refractivity contribution in [2.75, 3.05) is 19.6 Å². The number of nitrogens with zero attached hydrogens (tertiary/aromatic N) is 1. The Balaban J connectivity index is 2.27. The average molecular weight is 1270 g/mol. The number of epoxide rings is 1. The van der Waals surface area contributed by atoms with Gasteiger partial charge in [0.05, 0.1) is 30.8 Å². The van der Waals surface area contributed by atoms with Crippen LogP contribution in [0.2, 0.25) is 0 Å². The Morgan fingerprint density at radius 2 is 1.26 bits per heavy atom. The van der Waals surface area contributed by atoms with E-state index in [4.69, 9.17) is 10.5 Å². The smallest absolute Gasteiger partial charge is 0.335 e. The molecule has 3 aliphatic heterocycles. The van der Waals surface area contributed by atoms with Gasteiger partial charge in [-0.1, -0.05) is 60.6 Å². The predicted molar refractivity (Wildman–Crippen MR) is 309 cm³/mol. The van der Waals surface area contributed by atoms with Crippen molar-refractivity contribution in [3.8, 4) is 0 Å². The number of hydrogen-bond acceptors (Lipinski definition) is 18. The summed E-state index contributed by atoms with van der Waals surface area (Å²) >= 11 is 0. The molecule has 0 aromatic heterocycles. The standard InChI is InChI=1S/C56H88N12O21/c1-23(2)15-11-12-17-33-43(89-33)52(81)65-39(28(9)55(85)86)49(78)66-40-29(10)59-46(75)32-19-26(7)22-68(32)53(82)37(25(5)6)64-48(77)38(27(8)54(83)84)62-34(69)21-58-44(73)31(20-35(70)71)61-51(80)41(42(72)56(87)88)67-45(74)30(16-13-14-18-57)60-47(76)36(24(3)4)63-50(40)79/h12,17,23-33,36-43,72H,11,13-16,18-22,57H2,1-10H3,(H,58,73)(H,59,75)(H,60,76)(H,61,80)(H,62,69)(H,63,79)(H,64,77)(H,65,81)(H,66,78)(H,67,74)(H,70,71)(H,83,84)(H,85,86)(H,87,88)/b17-12-/t26-,27?,28?,29?,30+,31+,32+,33?,36-,37+,38-,39+,40+,41+,42?,43?/m1/s1. The van der Waals surface area contributed by atoms with E-state index in [9.17, 15) is 97.5 Å². The Labute approximate surface area is 513 Å². The molecule has 0 aromatic rings. The molecule has 3 heterocycles. The van der Waals surface area contributed by atoms with Crippen LogP contribution in [0.1, 0.15) is 114 Å². The molecule has 16 atom stereocenters. The zero-order valence-electron chi connectivity index (χ0n) is 51.5. The molecule has 0 spiro atoms. The van der Waals surface area contributed by atoms with Crippen molar-refractivity contribution in [2.45, 2.75) is 193 Å². The van der Waals surface area contributed by atoms with Crippen LogP contribution in [0.5, 0.6) is 0 Å². The Hall–Kier alpha value is -8.33. The van der Waals surface area contributed by atoms with E-state index in [1.807, 2.05) is 35.9 Å². The Kier molecular flexibility index (Phi) is 29.0. The Morgan fingerprint density at radius 1 is 0.674 bits per heavy atom. The third kappa shape index (κ3) is 22.3. The number of aliphatic hydroxyl groups excluding tert-OH is 1. The van der Waals surface area contributed by atoms with Crippen molar-refractivity contribution in [3.05, 3.63) is 12.2 Å². The zero-order chi connectivity index (χ0) is 67.5. The lowest BCUT2D eigenvalue weighted by molar-refractivity contribution is -0.153. The number of aliphatic hydroxyl groups is 1. The van der Waals surface area contributed by atoms with Crippen LogP contribution < -0.4 is 58.9 Å². The molecule has 3 aliphatic rings. The number of hydrogen-bond donors (Lipinski definition) is 16. The molecule has 0 aliphatic carbocycles. The molecule has 33 nitrogen and oxygen atoms in total. The number of nitrogens with two attached hydrogens (primary N) is 1. The molecule has 0 saturated carbocycles. The van der Waals surface area contributed by atoms with E-state index in [2.05, 4.69) is 37.2 Å². The van der Waals surface area contributed by atoms with Crippen LogP contribution >= 0.6 is 0 Å². The zero-order valence-corrected chi connectivity index (χ0v) is 51.5. The van der Waals surface area contributed by atoms with Crippen molar-refractivity contribution in [1.29, 1.82) is 0 Å². The lowest BCUT2D eigenvalue weighted by Crippen LogP contribution is -2.66. The monoisotopic (exact) mass is 1260 g/mol. The number of rotatable bonds is 22. The van der Waals surface area contributed by atoms with Crippen LogP contribution in [-0.2, 0) is 76.7 Å². The molecular formula is C56H88N12O21. The number of ether oxygens (including phenoxy) is 1. The van der Waals surface area contributed by atoms with Gasteiger partial charge in [-0.05, 0) is 89.5 Å². The van der Waals surface area contributed by atoms with E-state index in [1.165, 1.54) is 34.6 Å². The third-order valence-electron chi connectivity index (χ3n) is 15.2. The van der Waals surface area contributed by atoms with Crippen molar-refractivity contribution in [1.82, 2.24) is 58.1 Å². The van der Waals surface area contributed by atoms with Gasteiger partial charge in [0, 0.05) is 6.54 Å². The summed E-state index contributed by atoms with van der Waals surface area (Å²) in [6.07, 6.45) is -1.08. The van der Waals surface area contributed by atoms with Gasteiger partial charge in [0.1, 0.15) is 60.5 Å². The van der Waals surface area contributed by atoms with Gasteiger partial charge in [0.25, 0.3) is 5.91 Å². The number of carboxylic acid groups (broad SMARTS) is 4. The largest absolute Gasteiger partial charge is 0.481 e. The molecular weight excluding hydrogens is 1180 g/mol. The van der Waals surface area contributed by atoms with Gasteiger partial charge < -0.3 is 94.1 Å². The highest BCUT2D eigenvalue weighted by atomic mass is 16.6. The van der Waals surface area contributed by atoms with Gasteiger partial charge in [-0.25, -0.2) is 4.79 Å². The molecule has 3 fully saturated rings. The minimum absolute atomic E-state index is 0.0310. The van der Waals surface area contributed by atoms with Gasteiger partial charge in [-0.15, -0.1) is 0 Å². The number of carbonyl (C=O) groups excluding carboxylic acids is 11. The molecule has 17 N–H and O–H groups in total. The minimum atomic E-state index is -2.84. The summed E-state index contributed by atoms with van der Waals surface area (Å²) in [5.41, 5.74) is 5.70. The molecule has 33 heteroatoms. The van der Waals surface area contributed by atoms with Gasteiger partial charge in [-0.2, -0.15) is 0 Å². The number of carbonyl (C=O) groups is 15. The molecule has 3 rings (SSSR count). The first kappa shape index (κ1) is 74.9. The highest BCUT2D eigenvalue weighted by Gasteiger charge is 2.48. The van der Waals surface area contributed by atoms with E-state index in [0.717, 1.165) is 25.2 Å². The number of aliphatic carboxylic acids is 4. The molecule has 0 radical (unpaired) electrons. The van der Waals surface area contributed by atoms with Crippen LogP contribution in [0.3, 0.4) is 0 Å². The lowest BCUT2D eigenvalue weighted by atomic mass is 9.97. The average Bonchev–Trinajstić information content (AvgIpc) is 4.38. The summed E-state index contributed by atoms with van der Waals surface area (Å²) < 4.78 is 5.49. The quantitative estimate of drug-likeness (QED) is 0.0275. The van der Waals surface area contributed by atoms with Crippen LogP contribution in [0.15, 0.2) is 12.2 Å². The summed E-state index contributed by atoms with van der Waals surface area (Å²) in [4.78, 5) is 206. The van der Waals surface area contributed by atoms with Crippen molar-refractivity contribution in [2.24, 2.45) is 41.2 Å². The maximum absolute atomic E-state index is 14.9. The first-order valence-corrected chi connectivity index (χ1v) is 29.4. The molecule has 0 aromatic carbocycles. The first-order chi connectivity index (χ1) is 41.5. The fourth-order valence-electron chi connectivity index (χ4n) is 9.68.